The van der Waals surface area contributed by atoms with Crippen LogP contribution >= 0.6 is 15.9 Å². The maximum Gasteiger partial charge on any atom is 0.293 e. The fourth-order valence-corrected chi connectivity index (χ4v) is 2.68. The number of halogens is 1. The van der Waals surface area contributed by atoms with Crippen molar-refractivity contribution in [2.75, 3.05) is 5.73 Å². The van der Waals surface area contributed by atoms with E-state index < -0.39 is 5.91 Å². The minimum Gasteiger partial charge on any atom is -0.507 e. The number of nitrogen functional groups attached to an aromatic ring is 1. The lowest BCUT2D eigenvalue weighted by Gasteiger charge is -2.08. The van der Waals surface area contributed by atoms with Crippen molar-refractivity contribution in [2.45, 2.75) is 19.8 Å². The molecule has 0 saturated heterocycles. The van der Waals surface area contributed by atoms with Gasteiger partial charge in [0.15, 0.2) is 5.69 Å². The van der Waals surface area contributed by atoms with Crippen molar-refractivity contribution in [1.29, 1.82) is 0 Å². The van der Waals surface area contributed by atoms with Crippen LogP contribution in [0.3, 0.4) is 0 Å². The molecule has 1 aromatic carbocycles. The van der Waals surface area contributed by atoms with Crippen LogP contribution in [0.5, 0.6) is 5.75 Å². The standard InChI is InChI=1S/C15H15BrN8O3/c1-7(2)12-11(19-23-24(12)14-13(17)21-27-22-14)15(26)20-18-6-8-5-9(16)3-4-10(8)25/h3-7,25H,1-2H3,(H2,17,21)(H,20,26)/b18-6-. The highest BCUT2D eigenvalue weighted by Crippen LogP contribution is 2.23. The Morgan fingerprint density at radius 2 is 2.22 bits per heavy atom. The highest BCUT2D eigenvalue weighted by molar-refractivity contribution is 9.10. The van der Waals surface area contributed by atoms with Crippen LogP contribution in [0.25, 0.3) is 5.82 Å². The van der Waals surface area contributed by atoms with Gasteiger partial charge in [-0.1, -0.05) is 35.0 Å². The highest BCUT2D eigenvalue weighted by Gasteiger charge is 2.25. The van der Waals surface area contributed by atoms with Crippen molar-refractivity contribution in [2.24, 2.45) is 5.10 Å². The van der Waals surface area contributed by atoms with Crippen LogP contribution < -0.4 is 11.2 Å². The predicted octanol–water partition coefficient (Wildman–Crippen LogP) is 1.59. The molecule has 2 aromatic heterocycles. The number of aromatic nitrogens is 5. The summed E-state index contributed by atoms with van der Waals surface area (Å²) in [7, 11) is 0. The Kier molecular flexibility index (Phi) is 5.16. The molecule has 0 unspecified atom stereocenters. The van der Waals surface area contributed by atoms with Crippen LogP contribution in [-0.4, -0.2) is 42.5 Å². The molecule has 0 fully saturated rings. The molecule has 0 radical (unpaired) electrons. The van der Waals surface area contributed by atoms with Crippen molar-refractivity contribution in [3.8, 4) is 11.6 Å². The Labute approximate surface area is 161 Å². The minimum absolute atomic E-state index is 0.0249. The number of anilines is 1. The summed E-state index contributed by atoms with van der Waals surface area (Å²) in [6, 6.07) is 4.84. The van der Waals surface area contributed by atoms with E-state index >= 15 is 0 Å². The number of aromatic hydroxyl groups is 1. The Morgan fingerprint density at radius 3 is 2.89 bits per heavy atom. The second kappa shape index (κ2) is 7.53. The van der Waals surface area contributed by atoms with Crippen LogP contribution in [0.1, 0.15) is 41.5 Å². The maximum atomic E-state index is 12.5. The van der Waals surface area contributed by atoms with Gasteiger partial charge in [0.2, 0.25) is 11.6 Å². The summed E-state index contributed by atoms with van der Waals surface area (Å²) in [5, 5.41) is 28.6. The van der Waals surface area contributed by atoms with Gasteiger partial charge >= 0.3 is 0 Å². The third kappa shape index (κ3) is 3.79. The molecular formula is C15H15BrN8O3. The number of hydrazone groups is 1. The molecule has 0 aliphatic rings. The average molecular weight is 435 g/mol. The smallest absolute Gasteiger partial charge is 0.293 e. The van der Waals surface area contributed by atoms with Crippen molar-refractivity contribution in [1.82, 2.24) is 30.7 Å². The van der Waals surface area contributed by atoms with Gasteiger partial charge in [-0.2, -0.15) is 9.78 Å². The fraction of sp³-hybridized carbons (Fsp3) is 0.200. The summed E-state index contributed by atoms with van der Waals surface area (Å²) in [5.41, 5.74) is 9.01. The van der Waals surface area contributed by atoms with Gasteiger partial charge in [0.05, 0.1) is 11.9 Å². The van der Waals surface area contributed by atoms with Crippen LogP contribution in [-0.2, 0) is 0 Å². The monoisotopic (exact) mass is 434 g/mol. The van der Waals surface area contributed by atoms with Gasteiger partial charge < -0.3 is 10.8 Å². The van der Waals surface area contributed by atoms with E-state index in [-0.39, 0.29) is 29.0 Å². The molecule has 3 aromatic rings. The van der Waals surface area contributed by atoms with E-state index in [9.17, 15) is 9.90 Å². The number of amides is 1. The second-order valence-electron chi connectivity index (χ2n) is 5.77. The first-order valence-corrected chi connectivity index (χ1v) is 8.53. The Balaban J connectivity index is 1.85. The lowest BCUT2D eigenvalue weighted by molar-refractivity contribution is 0.0948. The van der Waals surface area contributed by atoms with E-state index in [0.29, 0.717) is 11.3 Å². The summed E-state index contributed by atoms with van der Waals surface area (Å²) < 4.78 is 6.64. The van der Waals surface area contributed by atoms with E-state index in [1.54, 1.807) is 12.1 Å². The number of nitrogens with one attached hydrogen (secondary N) is 1. The molecule has 0 aliphatic carbocycles. The molecule has 27 heavy (non-hydrogen) atoms. The van der Waals surface area contributed by atoms with Crippen LogP contribution in [0, 0.1) is 0 Å². The normalized spacial score (nSPS) is 11.4. The molecule has 11 nitrogen and oxygen atoms in total. The number of nitrogens with zero attached hydrogens (tertiary/aromatic N) is 6. The zero-order valence-corrected chi connectivity index (χ0v) is 15.9. The quantitative estimate of drug-likeness (QED) is 0.403. The predicted molar refractivity (Wildman–Crippen MR) is 98.6 cm³/mol. The SMILES string of the molecule is CC(C)c1c(C(=O)N/N=C\c2cc(Br)ccc2O)nnn1-c1nonc1N. The number of benzene rings is 1. The number of nitrogens with two attached hydrogens (primary N) is 1. The topological polar surface area (TPSA) is 157 Å². The van der Waals surface area contributed by atoms with Crippen molar-refractivity contribution in [3.63, 3.8) is 0 Å². The van der Waals surface area contributed by atoms with Crippen molar-refractivity contribution < 1.29 is 14.5 Å². The number of phenols is 1. The van der Waals surface area contributed by atoms with Crippen molar-refractivity contribution >= 4 is 33.9 Å². The maximum absolute atomic E-state index is 12.5. The Bertz CT molecular complexity index is 1010. The van der Waals surface area contributed by atoms with E-state index in [1.807, 2.05) is 13.8 Å². The first kappa shape index (κ1) is 18.5. The van der Waals surface area contributed by atoms with E-state index in [2.05, 4.69) is 51.7 Å². The molecular weight excluding hydrogens is 420 g/mol. The Morgan fingerprint density at radius 1 is 1.44 bits per heavy atom. The lowest BCUT2D eigenvalue weighted by Crippen LogP contribution is -2.21. The summed E-state index contributed by atoms with van der Waals surface area (Å²) in [6.45, 7) is 3.72. The third-order valence-corrected chi connectivity index (χ3v) is 4.02. The van der Waals surface area contributed by atoms with E-state index in [0.717, 1.165) is 4.47 Å². The Hall–Kier alpha value is -3.28. The molecule has 3 rings (SSSR count). The molecule has 12 heteroatoms. The third-order valence-electron chi connectivity index (χ3n) is 3.52. The average Bonchev–Trinajstić information content (AvgIpc) is 3.23. The molecule has 0 bridgehead atoms. The summed E-state index contributed by atoms with van der Waals surface area (Å²) >= 11 is 3.30. The second-order valence-corrected chi connectivity index (χ2v) is 6.68. The van der Waals surface area contributed by atoms with Gasteiger partial charge in [-0.3, -0.25) is 4.79 Å². The van der Waals surface area contributed by atoms with Crippen LogP contribution in [0.2, 0.25) is 0 Å². The van der Waals surface area contributed by atoms with E-state index in [1.165, 1.54) is 17.0 Å². The summed E-state index contributed by atoms with van der Waals surface area (Å²) in [5.74, 6) is -0.510. The van der Waals surface area contributed by atoms with Crippen LogP contribution in [0.15, 0.2) is 32.4 Å². The summed E-state index contributed by atoms with van der Waals surface area (Å²) in [6.07, 6.45) is 1.32. The molecule has 2 heterocycles. The zero-order chi connectivity index (χ0) is 19.6. The van der Waals surface area contributed by atoms with Gasteiger partial charge in [-0.25, -0.2) is 10.1 Å². The number of carbonyl (C=O) groups excluding carboxylic acids is 1. The van der Waals surface area contributed by atoms with E-state index in [4.69, 9.17) is 5.73 Å². The number of phenolic OH excluding ortho intramolecular Hbond substituents is 1. The summed E-state index contributed by atoms with van der Waals surface area (Å²) in [4.78, 5) is 12.5. The molecule has 0 spiro atoms. The zero-order valence-electron chi connectivity index (χ0n) is 14.3. The first-order valence-electron chi connectivity index (χ1n) is 7.74. The van der Waals surface area contributed by atoms with Gasteiger partial charge in [0.1, 0.15) is 5.75 Å². The van der Waals surface area contributed by atoms with Gasteiger partial charge in [-0.05, 0) is 34.4 Å². The highest BCUT2D eigenvalue weighted by atomic mass is 79.9. The van der Waals surface area contributed by atoms with Gasteiger partial charge in [-0.15, -0.1) is 5.10 Å². The lowest BCUT2D eigenvalue weighted by atomic mass is 10.1. The molecule has 0 atom stereocenters. The minimum atomic E-state index is -0.578. The van der Waals surface area contributed by atoms with Gasteiger partial charge in [0.25, 0.3) is 5.91 Å². The molecule has 140 valence electrons. The number of hydrogen-bond donors (Lipinski definition) is 3. The number of rotatable bonds is 5. The molecule has 1 amide bonds. The van der Waals surface area contributed by atoms with Crippen LogP contribution in [0.4, 0.5) is 5.82 Å². The number of carbonyl (C=O) groups is 1. The molecule has 0 aliphatic heterocycles. The molecule has 4 N–H and O–H groups in total. The molecule has 0 saturated carbocycles. The fourth-order valence-electron chi connectivity index (χ4n) is 2.31. The first-order chi connectivity index (χ1) is 12.9. The largest absolute Gasteiger partial charge is 0.507 e. The number of hydrogen-bond acceptors (Lipinski definition) is 9. The van der Waals surface area contributed by atoms with Crippen molar-refractivity contribution in [3.05, 3.63) is 39.6 Å². The van der Waals surface area contributed by atoms with Gasteiger partial charge in [0, 0.05) is 10.0 Å².